The van der Waals surface area contributed by atoms with Gasteiger partial charge in [0.25, 0.3) is 0 Å². The lowest BCUT2D eigenvalue weighted by Gasteiger charge is -2.37. The average Bonchev–Trinajstić information content (AvgIpc) is 2.76. The summed E-state index contributed by atoms with van der Waals surface area (Å²) in [6.45, 7) is 6.26. The summed E-state index contributed by atoms with van der Waals surface area (Å²) < 4.78 is 6.18. The van der Waals surface area contributed by atoms with Crippen molar-refractivity contribution in [3.63, 3.8) is 0 Å². The number of ether oxygens (including phenoxy) is 1. The molecule has 1 fully saturated rings. The van der Waals surface area contributed by atoms with Gasteiger partial charge in [-0.15, -0.1) is 0 Å². The molecule has 2 nitrogen and oxygen atoms in total. The van der Waals surface area contributed by atoms with Crippen molar-refractivity contribution in [1.82, 2.24) is 5.32 Å². The third-order valence-corrected chi connectivity index (χ3v) is 6.72. The van der Waals surface area contributed by atoms with Crippen LogP contribution in [0.5, 0.6) is 5.75 Å². The van der Waals surface area contributed by atoms with Crippen molar-refractivity contribution in [1.29, 1.82) is 0 Å². The largest absolute Gasteiger partial charge is 0.494 e. The molecule has 1 aliphatic carbocycles. The van der Waals surface area contributed by atoms with E-state index in [9.17, 15) is 0 Å². The van der Waals surface area contributed by atoms with Gasteiger partial charge in [0.05, 0.1) is 6.61 Å². The molecule has 0 aliphatic heterocycles. The molecule has 0 saturated heterocycles. The zero-order valence-corrected chi connectivity index (χ0v) is 19.2. The molecule has 2 aromatic rings. The van der Waals surface area contributed by atoms with E-state index >= 15 is 0 Å². The van der Waals surface area contributed by atoms with Gasteiger partial charge in [0, 0.05) is 6.04 Å². The molecule has 0 aromatic heterocycles. The molecule has 0 heterocycles. The molecule has 2 heteroatoms. The number of rotatable bonds is 12. The van der Waals surface area contributed by atoms with E-state index in [4.69, 9.17) is 4.74 Å². The fourth-order valence-corrected chi connectivity index (χ4v) is 4.88. The van der Waals surface area contributed by atoms with E-state index in [1.165, 1.54) is 68.9 Å². The molecule has 30 heavy (non-hydrogen) atoms. The first-order chi connectivity index (χ1) is 14.7. The molecule has 1 saturated carbocycles. The Bertz CT molecular complexity index is 701. The van der Waals surface area contributed by atoms with Crippen LogP contribution in [0, 0.1) is 5.41 Å². The first kappa shape index (κ1) is 22.9. The van der Waals surface area contributed by atoms with Crippen LogP contribution < -0.4 is 10.1 Å². The number of nitrogens with one attached hydrogen (secondary N) is 1. The van der Waals surface area contributed by atoms with Gasteiger partial charge in [-0.25, -0.2) is 0 Å². The highest BCUT2D eigenvalue weighted by molar-refractivity contribution is 5.27. The normalized spacial score (nSPS) is 16.0. The first-order valence-electron chi connectivity index (χ1n) is 12.1. The Morgan fingerprint density at radius 2 is 1.53 bits per heavy atom. The van der Waals surface area contributed by atoms with Gasteiger partial charge in [0.1, 0.15) is 5.75 Å². The number of hydrogen-bond donors (Lipinski definition) is 1. The fraction of sp³-hybridized carbons (Fsp3) is 0.571. The van der Waals surface area contributed by atoms with Crippen molar-refractivity contribution in [2.75, 3.05) is 13.2 Å². The summed E-state index contributed by atoms with van der Waals surface area (Å²) in [5.41, 5.74) is 3.35. The van der Waals surface area contributed by atoms with Gasteiger partial charge in [-0.1, -0.05) is 75.6 Å². The van der Waals surface area contributed by atoms with Crippen LogP contribution in [0.4, 0.5) is 0 Å². The van der Waals surface area contributed by atoms with Crippen molar-refractivity contribution in [3.8, 4) is 5.75 Å². The van der Waals surface area contributed by atoms with Gasteiger partial charge in [-0.05, 0) is 80.2 Å². The van der Waals surface area contributed by atoms with Crippen molar-refractivity contribution in [2.24, 2.45) is 5.41 Å². The van der Waals surface area contributed by atoms with Crippen LogP contribution in [-0.4, -0.2) is 19.2 Å². The maximum absolute atomic E-state index is 6.18. The van der Waals surface area contributed by atoms with E-state index in [1.807, 2.05) is 0 Å². The van der Waals surface area contributed by atoms with E-state index in [-0.39, 0.29) is 0 Å². The minimum atomic E-state index is 0.496. The quantitative estimate of drug-likeness (QED) is 0.410. The summed E-state index contributed by atoms with van der Waals surface area (Å²) in [5.74, 6) is 1.02. The summed E-state index contributed by atoms with van der Waals surface area (Å²) >= 11 is 0. The highest BCUT2D eigenvalue weighted by atomic mass is 16.5. The summed E-state index contributed by atoms with van der Waals surface area (Å²) in [6, 6.07) is 20.2. The van der Waals surface area contributed by atoms with Crippen LogP contribution in [0.1, 0.15) is 76.3 Å². The van der Waals surface area contributed by atoms with E-state index in [1.54, 1.807) is 0 Å². The molecule has 1 N–H and O–H groups in total. The minimum absolute atomic E-state index is 0.496. The van der Waals surface area contributed by atoms with Gasteiger partial charge in [0.15, 0.2) is 0 Å². The predicted molar refractivity (Wildman–Crippen MR) is 128 cm³/mol. The highest BCUT2D eigenvalue weighted by Crippen LogP contribution is 2.43. The summed E-state index contributed by atoms with van der Waals surface area (Å²) in [5, 5.41) is 3.48. The summed E-state index contributed by atoms with van der Waals surface area (Å²) in [6.07, 6.45) is 13.1. The lowest BCUT2D eigenvalue weighted by Crippen LogP contribution is -2.26. The van der Waals surface area contributed by atoms with E-state index < -0.39 is 0 Å². The van der Waals surface area contributed by atoms with Crippen LogP contribution in [0.3, 0.4) is 0 Å². The zero-order valence-electron chi connectivity index (χ0n) is 19.2. The van der Waals surface area contributed by atoms with Gasteiger partial charge >= 0.3 is 0 Å². The molecule has 0 unspecified atom stereocenters. The molecule has 0 bridgehead atoms. The van der Waals surface area contributed by atoms with Gasteiger partial charge in [-0.3, -0.25) is 0 Å². The van der Waals surface area contributed by atoms with Crippen molar-refractivity contribution < 1.29 is 4.74 Å². The Labute approximate surface area is 184 Å². The third kappa shape index (κ3) is 7.80. The second kappa shape index (κ2) is 12.2. The molecule has 164 valence electrons. The van der Waals surface area contributed by atoms with E-state index in [2.05, 4.69) is 73.8 Å². The molecular weight excluding hydrogens is 366 g/mol. The monoisotopic (exact) mass is 407 g/mol. The van der Waals surface area contributed by atoms with Gasteiger partial charge in [0.2, 0.25) is 0 Å². The molecule has 0 atom stereocenters. The Morgan fingerprint density at radius 3 is 2.23 bits per heavy atom. The number of benzene rings is 2. The molecule has 2 aromatic carbocycles. The Kier molecular flexibility index (Phi) is 9.27. The molecule has 0 radical (unpaired) electrons. The predicted octanol–water partition coefficient (Wildman–Crippen LogP) is 6.97. The Balaban J connectivity index is 1.44. The standard InChI is InChI=1S/C28H41NO/c1-24(2)29-22-17-26-13-15-27(16-14-26)30-23-21-28(18-7-4-8-19-28)20-9-12-25-10-5-3-6-11-25/h3,5-6,10-11,13-16,24,29H,4,7-9,12,17-23H2,1-2H3. The van der Waals surface area contributed by atoms with Gasteiger partial charge in [-0.2, -0.15) is 0 Å². The van der Waals surface area contributed by atoms with Crippen molar-refractivity contribution in [2.45, 2.75) is 84.1 Å². The molecule has 3 rings (SSSR count). The Hall–Kier alpha value is -1.80. The molecule has 1 aliphatic rings. The van der Waals surface area contributed by atoms with Crippen LogP contribution in [0.25, 0.3) is 0 Å². The third-order valence-electron chi connectivity index (χ3n) is 6.72. The Morgan fingerprint density at radius 1 is 0.833 bits per heavy atom. The van der Waals surface area contributed by atoms with Crippen LogP contribution in [0.15, 0.2) is 54.6 Å². The topological polar surface area (TPSA) is 21.3 Å². The summed E-state index contributed by atoms with van der Waals surface area (Å²) in [4.78, 5) is 0. The van der Waals surface area contributed by atoms with Crippen LogP contribution in [0.2, 0.25) is 0 Å². The minimum Gasteiger partial charge on any atom is -0.494 e. The van der Waals surface area contributed by atoms with Crippen molar-refractivity contribution >= 4 is 0 Å². The first-order valence-corrected chi connectivity index (χ1v) is 12.1. The van der Waals surface area contributed by atoms with Crippen molar-refractivity contribution in [3.05, 3.63) is 65.7 Å². The second-order valence-corrected chi connectivity index (χ2v) is 9.50. The maximum Gasteiger partial charge on any atom is 0.119 e. The smallest absolute Gasteiger partial charge is 0.119 e. The number of hydrogen-bond acceptors (Lipinski definition) is 2. The SMILES string of the molecule is CC(C)NCCc1ccc(OCCC2(CCCc3ccccc3)CCCCC2)cc1. The second-order valence-electron chi connectivity index (χ2n) is 9.50. The lowest BCUT2D eigenvalue weighted by atomic mass is 9.69. The van der Waals surface area contributed by atoms with E-state index in [0.717, 1.165) is 25.3 Å². The number of aryl methyl sites for hydroxylation is 1. The highest BCUT2D eigenvalue weighted by Gasteiger charge is 2.31. The molecule has 0 amide bonds. The van der Waals surface area contributed by atoms with E-state index in [0.29, 0.717) is 11.5 Å². The molecular formula is C28H41NO. The van der Waals surface area contributed by atoms with Crippen LogP contribution >= 0.6 is 0 Å². The van der Waals surface area contributed by atoms with Gasteiger partial charge < -0.3 is 10.1 Å². The maximum atomic E-state index is 6.18. The lowest BCUT2D eigenvalue weighted by molar-refractivity contribution is 0.123. The average molecular weight is 408 g/mol. The zero-order chi connectivity index (χ0) is 21.1. The van der Waals surface area contributed by atoms with Crippen LogP contribution in [-0.2, 0) is 12.8 Å². The summed E-state index contributed by atoms with van der Waals surface area (Å²) in [7, 11) is 0. The fourth-order valence-electron chi connectivity index (χ4n) is 4.88. The molecule has 0 spiro atoms.